The number of anilines is 1. The Balaban J connectivity index is 1.70. The molecule has 0 aliphatic carbocycles. The fourth-order valence-electron chi connectivity index (χ4n) is 2.05. The zero-order valence-electron chi connectivity index (χ0n) is 13.4. The summed E-state index contributed by atoms with van der Waals surface area (Å²) in [5.74, 6) is -0.240. The Morgan fingerprint density at radius 1 is 0.958 bits per heavy atom. The van der Waals surface area contributed by atoms with E-state index in [2.05, 4.69) is 20.5 Å². The van der Waals surface area contributed by atoms with Crippen molar-refractivity contribution in [2.75, 3.05) is 19.0 Å². The molecule has 0 spiro atoms. The number of aromatic nitrogens is 3. The van der Waals surface area contributed by atoms with E-state index < -0.39 is 0 Å². The molecule has 120 valence electrons. The minimum Gasteiger partial charge on any atom is -0.378 e. The largest absolute Gasteiger partial charge is 0.378 e. The summed E-state index contributed by atoms with van der Waals surface area (Å²) in [7, 11) is 3.97. The van der Waals surface area contributed by atoms with Gasteiger partial charge in [-0.2, -0.15) is 14.9 Å². The van der Waals surface area contributed by atoms with E-state index in [9.17, 15) is 4.79 Å². The fraction of sp³-hybridized carbons (Fsp3) is 0.118. The topological polar surface area (TPSA) is 75.7 Å². The molecule has 0 saturated heterocycles. The van der Waals surface area contributed by atoms with Crippen molar-refractivity contribution in [3.05, 3.63) is 66.5 Å². The number of nitrogens with zero attached hydrogens (tertiary/aromatic N) is 6. The smallest absolute Gasteiger partial charge is 0.279 e. The molecule has 24 heavy (non-hydrogen) atoms. The second-order valence-electron chi connectivity index (χ2n) is 5.31. The lowest BCUT2D eigenvalue weighted by Gasteiger charge is -2.11. The van der Waals surface area contributed by atoms with Crippen LogP contribution in [0.15, 0.2) is 71.2 Å². The van der Waals surface area contributed by atoms with Crippen LogP contribution in [0.3, 0.4) is 0 Å². The van der Waals surface area contributed by atoms with Gasteiger partial charge in [0.15, 0.2) is 0 Å². The first-order valence-corrected chi connectivity index (χ1v) is 7.34. The maximum atomic E-state index is 12.1. The molecule has 0 amide bonds. The third-order valence-electron chi connectivity index (χ3n) is 3.39. The van der Waals surface area contributed by atoms with Crippen LogP contribution in [-0.2, 0) is 0 Å². The van der Waals surface area contributed by atoms with E-state index in [1.807, 2.05) is 43.3 Å². The van der Waals surface area contributed by atoms with Crippen LogP contribution in [-0.4, -0.2) is 35.0 Å². The van der Waals surface area contributed by atoms with Gasteiger partial charge in [0.2, 0.25) is 0 Å². The Morgan fingerprint density at radius 2 is 1.54 bits per heavy atom. The molecule has 1 heterocycles. The Morgan fingerprint density at radius 3 is 2.04 bits per heavy atom. The Kier molecular flexibility index (Phi) is 4.42. The first kappa shape index (κ1) is 15.5. The summed E-state index contributed by atoms with van der Waals surface area (Å²) < 4.78 is 1.18. The van der Waals surface area contributed by atoms with Gasteiger partial charge in [-0.05, 0) is 48.5 Å². The van der Waals surface area contributed by atoms with E-state index in [4.69, 9.17) is 0 Å². The molecule has 7 nitrogen and oxygen atoms in total. The predicted molar refractivity (Wildman–Crippen MR) is 91.1 cm³/mol. The molecule has 1 aromatic heterocycles. The van der Waals surface area contributed by atoms with Crippen LogP contribution < -0.4 is 4.90 Å². The van der Waals surface area contributed by atoms with Gasteiger partial charge in [0.25, 0.3) is 5.91 Å². The summed E-state index contributed by atoms with van der Waals surface area (Å²) in [6.45, 7) is 0. The van der Waals surface area contributed by atoms with E-state index in [-0.39, 0.29) is 5.91 Å². The van der Waals surface area contributed by atoms with Crippen molar-refractivity contribution < 1.29 is 4.79 Å². The Labute approximate surface area is 139 Å². The van der Waals surface area contributed by atoms with E-state index in [1.54, 1.807) is 24.3 Å². The van der Waals surface area contributed by atoms with E-state index >= 15 is 0 Å². The third kappa shape index (κ3) is 3.52. The number of hydrogen-bond acceptors (Lipinski definition) is 6. The quantitative estimate of drug-likeness (QED) is 0.690. The van der Waals surface area contributed by atoms with Gasteiger partial charge in [0, 0.05) is 25.3 Å². The zero-order valence-corrected chi connectivity index (χ0v) is 13.4. The zero-order chi connectivity index (χ0) is 16.9. The van der Waals surface area contributed by atoms with Gasteiger partial charge in [0.1, 0.15) is 0 Å². The summed E-state index contributed by atoms with van der Waals surface area (Å²) >= 11 is 0. The molecule has 0 radical (unpaired) electrons. The van der Waals surface area contributed by atoms with Crippen molar-refractivity contribution in [3.63, 3.8) is 0 Å². The highest BCUT2D eigenvalue weighted by molar-refractivity contribution is 5.95. The molecule has 0 fully saturated rings. The molecule has 0 atom stereocenters. The van der Waals surface area contributed by atoms with Gasteiger partial charge in [-0.15, -0.1) is 5.10 Å². The van der Waals surface area contributed by atoms with Crippen LogP contribution in [0.2, 0.25) is 0 Å². The van der Waals surface area contributed by atoms with Crippen LogP contribution in [0.25, 0.3) is 0 Å². The molecule has 2 aromatic carbocycles. The summed E-state index contributed by atoms with van der Waals surface area (Å²) in [5, 5.41) is 15.7. The van der Waals surface area contributed by atoms with Gasteiger partial charge in [0.05, 0.1) is 23.8 Å². The predicted octanol–water partition coefficient (Wildman–Crippen LogP) is 3.45. The third-order valence-corrected chi connectivity index (χ3v) is 3.39. The van der Waals surface area contributed by atoms with Crippen LogP contribution in [0.5, 0.6) is 0 Å². The molecule has 0 saturated carbocycles. The van der Waals surface area contributed by atoms with Gasteiger partial charge in [-0.3, -0.25) is 4.79 Å². The lowest BCUT2D eigenvalue weighted by molar-refractivity contribution is 0.0943. The van der Waals surface area contributed by atoms with E-state index in [1.165, 1.54) is 17.1 Å². The van der Waals surface area contributed by atoms with Crippen molar-refractivity contribution in [1.29, 1.82) is 0 Å². The van der Waals surface area contributed by atoms with Gasteiger partial charge in [-0.1, -0.05) is 5.21 Å². The standard InChI is InChI=1S/C17H16N6O/c1-22(2)16-9-7-15(8-10-16)20-19-14-5-3-13(4-6-14)17(24)23-12-11-18-21-23/h3-12H,1-2H3. The van der Waals surface area contributed by atoms with Crippen LogP contribution in [0, 0.1) is 0 Å². The van der Waals surface area contributed by atoms with Gasteiger partial charge in [-0.25, -0.2) is 0 Å². The van der Waals surface area contributed by atoms with Crippen molar-refractivity contribution in [2.45, 2.75) is 0 Å². The SMILES string of the molecule is CN(C)c1ccc(N=Nc2ccc(C(=O)n3ccnn3)cc2)cc1. The average Bonchev–Trinajstić information content (AvgIpc) is 3.15. The summed E-state index contributed by atoms with van der Waals surface area (Å²) in [6.07, 6.45) is 2.97. The number of hydrogen-bond donors (Lipinski definition) is 0. The van der Waals surface area contributed by atoms with Crippen molar-refractivity contribution in [3.8, 4) is 0 Å². The molecule has 0 aliphatic rings. The number of carbonyl (C=O) groups is 1. The molecular formula is C17H16N6O. The highest BCUT2D eigenvalue weighted by atomic mass is 16.2. The maximum absolute atomic E-state index is 12.1. The van der Waals surface area contributed by atoms with Crippen molar-refractivity contribution >= 4 is 23.0 Å². The summed E-state index contributed by atoms with van der Waals surface area (Å²) in [6, 6.07) is 14.6. The molecule has 0 aliphatic heterocycles. The number of azo groups is 1. The number of benzene rings is 2. The summed E-state index contributed by atoms with van der Waals surface area (Å²) in [5.41, 5.74) is 3.05. The monoisotopic (exact) mass is 320 g/mol. The highest BCUT2D eigenvalue weighted by Crippen LogP contribution is 2.21. The van der Waals surface area contributed by atoms with Gasteiger partial charge >= 0.3 is 0 Å². The molecule has 3 aromatic rings. The average molecular weight is 320 g/mol. The van der Waals surface area contributed by atoms with Crippen LogP contribution >= 0.6 is 0 Å². The lowest BCUT2D eigenvalue weighted by atomic mass is 10.2. The number of rotatable bonds is 4. The van der Waals surface area contributed by atoms with E-state index in [0.717, 1.165) is 11.4 Å². The normalized spacial score (nSPS) is 10.9. The molecule has 0 unspecified atom stereocenters. The van der Waals surface area contributed by atoms with Gasteiger partial charge < -0.3 is 4.90 Å². The molecule has 7 heteroatoms. The summed E-state index contributed by atoms with van der Waals surface area (Å²) in [4.78, 5) is 14.1. The highest BCUT2D eigenvalue weighted by Gasteiger charge is 2.08. The second kappa shape index (κ2) is 6.82. The fourth-order valence-corrected chi connectivity index (χ4v) is 2.05. The molecular weight excluding hydrogens is 304 g/mol. The molecule has 0 bridgehead atoms. The molecule has 0 N–H and O–H groups in total. The number of carbonyl (C=O) groups excluding carboxylic acids is 1. The van der Waals surface area contributed by atoms with Crippen molar-refractivity contribution in [1.82, 2.24) is 15.0 Å². The maximum Gasteiger partial charge on any atom is 0.279 e. The minimum atomic E-state index is -0.240. The first-order chi connectivity index (χ1) is 11.6. The van der Waals surface area contributed by atoms with Crippen LogP contribution in [0.4, 0.5) is 17.1 Å². The Bertz CT molecular complexity index is 836. The minimum absolute atomic E-state index is 0.240. The lowest BCUT2D eigenvalue weighted by Crippen LogP contribution is -2.12. The first-order valence-electron chi connectivity index (χ1n) is 7.34. The Hall–Kier alpha value is -3.35. The second-order valence-corrected chi connectivity index (χ2v) is 5.31. The molecule has 3 rings (SSSR count). The van der Waals surface area contributed by atoms with Crippen LogP contribution in [0.1, 0.15) is 10.4 Å². The van der Waals surface area contributed by atoms with Crippen molar-refractivity contribution in [2.24, 2.45) is 10.2 Å². The van der Waals surface area contributed by atoms with E-state index in [0.29, 0.717) is 11.3 Å².